The van der Waals surface area contributed by atoms with Gasteiger partial charge in [-0.05, 0) is 69.8 Å². The maximum absolute atomic E-state index is 6.41. The molecule has 0 aromatic heterocycles. The van der Waals surface area contributed by atoms with E-state index in [2.05, 4.69) is 112 Å². The predicted molar refractivity (Wildman–Crippen MR) is 136 cm³/mol. The predicted octanol–water partition coefficient (Wildman–Crippen LogP) is 7.47. The number of hydrogen-bond donors (Lipinski definition) is 0. The van der Waals surface area contributed by atoms with Crippen LogP contribution >= 0.6 is 0 Å². The number of ether oxygens (including phenoxy) is 1. The fourth-order valence-electron chi connectivity index (χ4n) is 4.53. The molecule has 1 atom stereocenters. The molecule has 0 spiro atoms. The highest BCUT2D eigenvalue weighted by molar-refractivity contribution is 5.45. The van der Waals surface area contributed by atoms with Crippen LogP contribution in [0.2, 0.25) is 0 Å². The summed E-state index contributed by atoms with van der Waals surface area (Å²) in [6.45, 7) is 13.1. The van der Waals surface area contributed by atoms with Gasteiger partial charge in [-0.1, -0.05) is 79.7 Å². The molecule has 0 N–H and O–H groups in total. The molecule has 0 saturated heterocycles. The highest BCUT2D eigenvalue weighted by Crippen LogP contribution is 2.36. The second kappa shape index (κ2) is 11.9. The molecule has 0 aliphatic heterocycles. The molecule has 2 nitrogen and oxygen atoms in total. The Bertz CT molecular complexity index is 926. The number of rotatable bonds is 11. The van der Waals surface area contributed by atoms with Gasteiger partial charge in [-0.25, -0.2) is 0 Å². The summed E-state index contributed by atoms with van der Waals surface area (Å²) in [5.41, 5.74) is 5.22. The van der Waals surface area contributed by atoms with E-state index in [0.717, 1.165) is 25.1 Å². The van der Waals surface area contributed by atoms with Crippen molar-refractivity contribution in [2.75, 3.05) is 6.54 Å². The molecule has 0 aliphatic carbocycles. The van der Waals surface area contributed by atoms with Crippen molar-refractivity contribution in [1.29, 1.82) is 0 Å². The molecule has 0 bridgehead atoms. The lowest BCUT2D eigenvalue weighted by molar-refractivity contribution is 0.170. The molecule has 3 aromatic rings. The van der Waals surface area contributed by atoms with E-state index in [9.17, 15) is 0 Å². The lowest BCUT2D eigenvalue weighted by Crippen LogP contribution is -2.38. The normalized spacial score (nSPS) is 12.5. The topological polar surface area (TPSA) is 12.5 Å². The summed E-state index contributed by atoms with van der Waals surface area (Å²) in [5, 5.41) is 0. The molecule has 0 amide bonds. The van der Waals surface area contributed by atoms with Gasteiger partial charge in [0.15, 0.2) is 0 Å². The van der Waals surface area contributed by atoms with Crippen molar-refractivity contribution in [3.63, 3.8) is 0 Å². The highest BCUT2D eigenvalue weighted by atomic mass is 16.5. The van der Waals surface area contributed by atoms with Crippen LogP contribution in [0, 0.1) is 0 Å². The molecule has 2 heteroatoms. The third-order valence-corrected chi connectivity index (χ3v) is 6.30. The Labute approximate surface area is 195 Å². The van der Waals surface area contributed by atoms with E-state index in [0.29, 0.717) is 24.6 Å². The van der Waals surface area contributed by atoms with Crippen LogP contribution in [-0.2, 0) is 13.0 Å². The summed E-state index contributed by atoms with van der Waals surface area (Å²) in [6.07, 6.45) is 2.09. The summed E-state index contributed by atoms with van der Waals surface area (Å²) in [5.74, 6) is 1.30. The molecule has 0 radical (unpaired) electrons. The number of benzene rings is 3. The van der Waals surface area contributed by atoms with E-state index >= 15 is 0 Å². The third-order valence-electron chi connectivity index (χ3n) is 6.30. The maximum Gasteiger partial charge on any atom is 0.123 e. The van der Waals surface area contributed by atoms with Crippen LogP contribution in [0.1, 0.15) is 69.2 Å². The molecule has 170 valence electrons. The van der Waals surface area contributed by atoms with Gasteiger partial charge in [-0.15, -0.1) is 0 Å². The van der Waals surface area contributed by atoms with Crippen LogP contribution in [0.3, 0.4) is 0 Å². The summed E-state index contributed by atoms with van der Waals surface area (Å²) < 4.78 is 6.41. The van der Waals surface area contributed by atoms with Crippen LogP contribution in [0.25, 0.3) is 0 Å². The second-order valence-corrected chi connectivity index (χ2v) is 9.18. The van der Waals surface area contributed by atoms with Gasteiger partial charge in [-0.3, -0.25) is 4.90 Å². The third kappa shape index (κ3) is 6.46. The Morgan fingerprint density at radius 1 is 0.750 bits per heavy atom. The molecule has 0 saturated carbocycles. The summed E-state index contributed by atoms with van der Waals surface area (Å²) in [4.78, 5) is 2.59. The van der Waals surface area contributed by atoms with Crippen molar-refractivity contribution < 1.29 is 4.74 Å². The van der Waals surface area contributed by atoms with Gasteiger partial charge < -0.3 is 4.74 Å². The van der Waals surface area contributed by atoms with Crippen LogP contribution in [0.15, 0.2) is 78.9 Å². The van der Waals surface area contributed by atoms with E-state index in [1.54, 1.807) is 0 Å². The quantitative estimate of drug-likeness (QED) is 0.313. The first-order chi connectivity index (χ1) is 15.5. The summed E-state index contributed by atoms with van der Waals surface area (Å²) in [7, 11) is 0. The van der Waals surface area contributed by atoms with Gasteiger partial charge in [0.25, 0.3) is 0 Å². The summed E-state index contributed by atoms with van der Waals surface area (Å²) in [6, 6.07) is 29.2. The maximum atomic E-state index is 6.41. The molecule has 3 aromatic carbocycles. The Kier molecular flexibility index (Phi) is 8.93. The first-order valence-electron chi connectivity index (χ1n) is 12.1. The van der Waals surface area contributed by atoms with Gasteiger partial charge in [0.05, 0.1) is 0 Å². The van der Waals surface area contributed by atoms with Crippen LogP contribution in [0.5, 0.6) is 5.75 Å². The average molecular weight is 430 g/mol. The second-order valence-electron chi connectivity index (χ2n) is 9.18. The van der Waals surface area contributed by atoms with Crippen molar-refractivity contribution in [2.45, 2.75) is 72.1 Å². The zero-order chi connectivity index (χ0) is 22.9. The Balaban J connectivity index is 1.94. The first kappa shape index (κ1) is 24.1. The molecular weight excluding hydrogens is 390 g/mol. The molecule has 0 heterocycles. The van der Waals surface area contributed by atoms with E-state index in [1.807, 2.05) is 6.07 Å². The van der Waals surface area contributed by atoms with Crippen LogP contribution in [-0.4, -0.2) is 23.5 Å². The number of hydrogen-bond acceptors (Lipinski definition) is 2. The molecule has 0 unspecified atom stereocenters. The summed E-state index contributed by atoms with van der Waals surface area (Å²) >= 11 is 0. The SMILES string of the molecule is CCc1ccc(OCc2ccccc2)c([C@H](CCN(C(C)C)C(C)C)c2ccccc2)c1. The van der Waals surface area contributed by atoms with Crippen molar-refractivity contribution in [3.8, 4) is 5.75 Å². The van der Waals surface area contributed by atoms with Gasteiger partial charge in [0, 0.05) is 23.6 Å². The van der Waals surface area contributed by atoms with E-state index in [-0.39, 0.29) is 0 Å². The van der Waals surface area contributed by atoms with Crippen LogP contribution < -0.4 is 4.74 Å². The molecule has 0 fully saturated rings. The minimum atomic E-state index is 0.300. The lowest BCUT2D eigenvalue weighted by Gasteiger charge is -2.32. The zero-order valence-electron chi connectivity index (χ0n) is 20.4. The van der Waals surface area contributed by atoms with E-state index in [4.69, 9.17) is 4.74 Å². The highest BCUT2D eigenvalue weighted by Gasteiger charge is 2.22. The Hall–Kier alpha value is -2.58. The lowest BCUT2D eigenvalue weighted by atomic mass is 9.86. The minimum Gasteiger partial charge on any atom is -0.489 e. The van der Waals surface area contributed by atoms with Crippen LogP contribution in [0.4, 0.5) is 0 Å². The standard InChI is InChI=1S/C30H39NO/c1-6-25-17-18-30(32-22-26-13-9-7-10-14-26)29(21-25)28(27-15-11-8-12-16-27)19-20-31(23(2)3)24(4)5/h7-18,21,23-24,28H,6,19-20,22H2,1-5H3/t28-/m1/s1. The van der Waals surface area contributed by atoms with Crippen molar-refractivity contribution in [2.24, 2.45) is 0 Å². The van der Waals surface area contributed by atoms with Crippen molar-refractivity contribution >= 4 is 0 Å². The fraction of sp³-hybridized carbons (Fsp3) is 0.400. The Morgan fingerprint density at radius 3 is 1.97 bits per heavy atom. The number of aryl methyl sites for hydroxylation is 1. The largest absolute Gasteiger partial charge is 0.489 e. The van der Waals surface area contributed by atoms with Gasteiger partial charge in [0.1, 0.15) is 12.4 Å². The van der Waals surface area contributed by atoms with Gasteiger partial charge in [0.2, 0.25) is 0 Å². The molecule has 3 rings (SSSR count). The van der Waals surface area contributed by atoms with E-state index < -0.39 is 0 Å². The fourth-order valence-corrected chi connectivity index (χ4v) is 4.53. The number of nitrogens with zero attached hydrogens (tertiary/aromatic N) is 1. The van der Waals surface area contributed by atoms with Gasteiger partial charge >= 0.3 is 0 Å². The van der Waals surface area contributed by atoms with E-state index in [1.165, 1.54) is 22.3 Å². The monoisotopic (exact) mass is 429 g/mol. The smallest absolute Gasteiger partial charge is 0.123 e. The van der Waals surface area contributed by atoms with Crippen molar-refractivity contribution in [1.82, 2.24) is 4.90 Å². The zero-order valence-corrected chi connectivity index (χ0v) is 20.4. The minimum absolute atomic E-state index is 0.300. The first-order valence-corrected chi connectivity index (χ1v) is 12.1. The molecule has 32 heavy (non-hydrogen) atoms. The molecular formula is C30H39NO. The van der Waals surface area contributed by atoms with Gasteiger partial charge in [-0.2, -0.15) is 0 Å². The average Bonchev–Trinajstić information content (AvgIpc) is 2.81. The molecule has 0 aliphatic rings. The van der Waals surface area contributed by atoms with Crippen molar-refractivity contribution in [3.05, 3.63) is 101 Å². The Morgan fingerprint density at radius 2 is 1.38 bits per heavy atom.